The lowest BCUT2D eigenvalue weighted by molar-refractivity contribution is 0.789. The van der Waals surface area contributed by atoms with E-state index in [1.165, 1.54) is 21.5 Å². The Bertz CT molecular complexity index is 1050. The number of aryl methyl sites for hydroxylation is 1. The predicted molar refractivity (Wildman–Crippen MR) is 112 cm³/mol. The van der Waals surface area contributed by atoms with Gasteiger partial charge in [-0.05, 0) is 36.2 Å². The van der Waals surface area contributed by atoms with Crippen LogP contribution in [0.15, 0.2) is 65.2 Å². The average molecular weight is 396 g/mol. The highest BCUT2D eigenvalue weighted by molar-refractivity contribution is 8.02. The van der Waals surface area contributed by atoms with Crippen LogP contribution in [0.2, 0.25) is 0 Å². The van der Waals surface area contributed by atoms with Crippen molar-refractivity contribution in [2.24, 2.45) is 7.05 Å². The summed E-state index contributed by atoms with van der Waals surface area (Å²) in [5, 5.41) is 9.00. The van der Waals surface area contributed by atoms with Gasteiger partial charge in [0.1, 0.15) is 6.33 Å². The highest BCUT2D eigenvalue weighted by Gasteiger charge is 2.08. The number of thioether (sulfide) groups is 2. The maximum atomic E-state index is 4.50. The van der Waals surface area contributed by atoms with Crippen LogP contribution in [-0.2, 0) is 13.6 Å². The topological polar surface area (TPSA) is 48.5 Å². The number of para-hydroxylation sites is 2. The van der Waals surface area contributed by atoms with Gasteiger partial charge in [-0.1, -0.05) is 36.0 Å². The number of hydrogen-bond acceptors (Lipinski definition) is 5. The van der Waals surface area contributed by atoms with Gasteiger partial charge in [-0.25, -0.2) is 4.98 Å². The lowest BCUT2D eigenvalue weighted by atomic mass is 10.1. The van der Waals surface area contributed by atoms with Gasteiger partial charge in [0.05, 0.1) is 17.4 Å². The van der Waals surface area contributed by atoms with Crippen molar-refractivity contribution in [3.05, 3.63) is 66.2 Å². The van der Waals surface area contributed by atoms with Crippen molar-refractivity contribution in [3.8, 4) is 0 Å². The van der Waals surface area contributed by atoms with Crippen molar-refractivity contribution in [1.29, 1.82) is 0 Å². The number of imidazole rings is 1. The van der Waals surface area contributed by atoms with Gasteiger partial charge in [0.25, 0.3) is 0 Å². The second-order valence-electron chi connectivity index (χ2n) is 6.32. The number of fused-ring (bicyclic) bond motifs is 1. The standard InChI is InChI=1S/C20H21N5S2/c1-15-16(12-25-13-21-17-7-3-4-8-18(17)25)6-5-9-19(15)26-10-11-27-20-23-22-14-24(20)2/h3-9,13-14H,10-12H2,1-2H3. The van der Waals surface area contributed by atoms with Crippen LogP contribution < -0.4 is 0 Å². The molecule has 2 heterocycles. The quantitative estimate of drug-likeness (QED) is 0.343. The maximum Gasteiger partial charge on any atom is 0.190 e. The molecule has 0 N–H and O–H groups in total. The Labute approximate surface area is 167 Å². The molecule has 0 saturated heterocycles. The van der Waals surface area contributed by atoms with E-state index in [1.54, 1.807) is 18.1 Å². The third-order valence-electron chi connectivity index (χ3n) is 4.51. The molecule has 0 spiro atoms. The summed E-state index contributed by atoms with van der Waals surface area (Å²) in [6, 6.07) is 14.8. The molecule has 0 atom stereocenters. The number of hydrogen-bond donors (Lipinski definition) is 0. The van der Waals surface area contributed by atoms with E-state index < -0.39 is 0 Å². The van der Waals surface area contributed by atoms with Crippen LogP contribution in [0, 0.1) is 6.92 Å². The first-order chi connectivity index (χ1) is 13.2. The smallest absolute Gasteiger partial charge is 0.190 e. The lowest BCUT2D eigenvalue weighted by Gasteiger charge is -2.12. The van der Waals surface area contributed by atoms with Gasteiger partial charge >= 0.3 is 0 Å². The molecule has 0 amide bonds. The van der Waals surface area contributed by atoms with Crippen molar-refractivity contribution >= 4 is 34.6 Å². The summed E-state index contributed by atoms with van der Waals surface area (Å²) in [6.45, 7) is 3.06. The minimum absolute atomic E-state index is 0.842. The first-order valence-electron chi connectivity index (χ1n) is 8.80. The Hall–Kier alpha value is -2.25. The summed E-state index contributed by atoms with van der Waals surface area (Å²) in [5.74, 6) is 2.04. The van der Waals surface area contributed by atoms with E-state index in [0.29, 0.717) is 0 Å². The Morgan fingerprint density at radius 2 is 1.81 bits per heavy atom. The second-order valence-corrected chi connectivity index (χ2v) is 8.52. The van der Waals surface area contributed by atoms with E-state index in [4.69, 9.17) is 0 Å². The van der Waals surface area contributed by atoms with Crippen LogP contribution in [-0.4, -0.2) is 35.8 Å². The zero-order valence-corrected chi connectivity index (χ0v) is 17.0. The Morgan fingerprint density at radius 3 is 2.67 bits per heavy atom. The minimum Gasteiger partial charge on any atom is -0.326 e. The molecule has 5 nitrogen and oxygen atoms in total. The van der Waals surface area contributed by atoms with Crippen LogP contribution in [0.25, 0.3) is 11.0 Å². The molecule has 27 heavy (non-hydrogen) atoms. The van der Waals surface area contributed by atoms with Crippen molar-refractivity contribution in [1.82, 2.24) is 24.3 Å². The zero-order valence-electron chi connectivity index (χ0n) is 15.4. The van der Waals surface area contributed by atoms with E-state index in [9.17, 15) is 0 Å². The summed E-state index contributed by atoms with van der Waals surface area (Å²) in [5.41, 5.74) is 4.91. The van der Waals surface area contributed by atoms with Crippen molar-refractivity contribution in [2.75, 3.05) is 11.5 Å². The van der Waals surface area contributed by atoms with Gasteiger partial charge < -0.3 is 9.13 Å². The van der Waals surface area contributed by atoms with Gasteiger partial charge in [0.2, 0.25) is 0 Å². The molecule has 4 rings (SSSR count). The Morgan fingerprint density at radius 1 is 0.963 bits per heavy atom. The average Bonchev–Trinajstić information content (AvgIpc) is 3.28. The SMILES string of the molecule is Cc1c(Cn2cnc3ccccc32)cccc1SCCSc1nncn1C. The van der Waals surface area contributed by atoms with E-state index in [0.717, 1.165) is 28.7 Å². The number of aromatic nitrogens is 5. The fraction of sp³-hybridized carbons (Fsp3) is 0.250. The normalized spacial score (nSPS) is 11.3. The summed E-state index contributed by atoms with van der Waals surface area (Å²) in [4.78, 5) is 5.84. The van der Waals surface area contributed by atoms with E-state index in [-0.39, 0.29) is 0 Å². The fourth-order valence-corrected chi connectivity index (χ4v) is 4.94. The second kappa shape index (κ2) is 8.19. The number of benzene rings is 2. The minimum atomic E-state index is 0.842. The van der Waals surface area contributed by atoms with Crippen LogP contribution >= 0.6 is 23.5 Å². The highest BCUT2D eigenvalue weighted by atomic mass is 32.2. The number of rotatable bonds is 7. The third-order valence-corrected chi connectivity index (χ3v) is 6.96. The molecule has 4 aromatic rings. The van der Waals surface area contributed by atoms with Gasteiger partial charge in [-0.2, -0.15) is 0 Å². The summed E-state index contributed by atoms with van der Waals surface area (Å²) < 4.78 is 4.17. The molecule has 0 aliphatic rings. The van der Waals surface area contributed by atoms with Crippen LogP contribution in [0.5, 0.6) is 0 Å². The Kier molecular flexibility index (Phi) is 5.50. The molecule has 2 aromatic carbocycles. The van der Waals surface area contributed by atoms with Gasteiger partial charge in [0.15, 0.2) is 5.16 Å². The fourth-order valence-electron chi connectivity index (χ4n) is 3.00. The molecule has 0 aliphatic heterocycles. The molecule has 0 unspecified atom stereocenters. The molecule has 2 aromatic heterocycles. The van der Waals surface area contributed by atoms with Crippen LogP contribution in [0.4, 0.5) is 0 Å². The summed E-state index contributed by atoms with van der Waals surface area (Å²) >= 11 is 3.65. The largest absolute Gasteiger partial charge is 0.326 e. The van der Waals surface area contributed by atoms with Gasteiger partial charge in [0, 0.05) is 30.0 Å². The molecule has 0 fully saturated rings. The monoisotopic (exact) mass is 395 g/mol. The molecule has 0 radical (unpaired) electrons. The van der Waals surface area contributed by atoms with Crippen molar-refractivity contribution < 1.29 is 0 Å². The first kappa shape index (κ1) is 18.1. The first-order valence-corrected chi connectivity index (χ1v) is 10.8. The van der Waals surface area contributed by atoms with Crippen LogP contribution in [0.3, 0.4) is 0 Å². The van der Waals surface area contributed by atoms with Gasteiger partial charge in [-0.15, -0.1) is 22.0 Å². The molecule has 0 saturated carbocycles. The molecule has 138 valence electrons. The van der Waals surface area contributed by atoms with Gasteiger partial charge in [-0.3, -0.25) is 0 Å². The number of nitrogens with zero attached hydrogens (tertiary/aromatic N) is 5. The summed E-state index contributed by atoms with van der Waals surface area (Å²) in [7, 11) is 1.98. The van der Waals surface area contributed by atoms with Crippen molar-refractivity contribution in [2.45, 2.75) is 23.5 Å². The van der Waals surface area contributed by atoms with Crippen LogP contribution in [0.1, 0.15) is 11.1 Å². The molecular formula is C20H21N5S2. The van der Waals surface area contributed by atoms with E-state index in [1.807, 2.05) is 35.8 Å². The molecular weight excluding hydrogens is 374 g/mol. The lowest BCUT2D eigenvalue weighted by Crippen LogP contribution is -2.01. The maximum absolute atomic E-state index is 4.50. The third kappa shape index (κ3) is 4.04. The molecule has 0 aliphatic carbocycles. The van der Waals surface area contributed by atoms with E-state index >= 15 is 0 Å². The Balaban J connectivity index is 1.42. The molecule has 0 bridgehead atoms. The predicted octanol–water partition coefficient (Wildman–Crippen LogP) is 4.41. The molecule has 7 heteroatoms. The van der Waals surface area contributed by atoms with E-state index in [2.05, 4.69) is 63.1 Å². The zero-order chi connectivity index (χ0) is 18.6. The summed E-state index contributed by atoms with van der Waals surface area (Å²) in [6.07, 6.45) is 3.67. The highest BCUT2D eigenvalue weighted by Crippen LogP contribution is 2.27. The van der Waals surface area contributed by atoms with Crippen molar-refractivity contribution in [3.63, 3.8) is 0 Å².